The van der Waals surface area contributed by atoms with Crippen LogP contribution in [0.3, 0.4) is 0 Å². The number of rotatable bonds is 8. The van der Waals surface area contributed by atoms with Crippen molar-refractivity contribution in [3.8, 4) is 11.5 Å². The maximum absolute atomic E-state index is 12.4. The van der Waals surface area contributed by atoms with E-state index in [1.165, 1.54) is 20.0 Å². The van der Waals surface area contributed by atoms with Crippen LogP contribution in [0.15, 0.2) is 30.6 Å². The lowest BCUT2D eigenvalue weighted by molar-refractivity contribution is 0.0951. The van der Waals surface area contributed by atoms with Gasteiger partial charge in [0.15, 0.2) is 11.5 Å². The molecular weight excluding hydrogens is 346 g/mol. The average Bonchev–Trinajstić information content (AvgIpc) is 3.25. The van der Waals surface area contributed by atoms with Crippen molar-refractivity contribution in [3.05, 3.63) is 36.2 Å². The molecule has 3 rings (SSSR count). The van der Waals surface area contributed by atoms with Gasteiger partial charge in [-0.1, -0.05) is 6.07 Å². The molecule has 2 heterocycles. The van der Waals surface area contributed by atoms with E-state index in [9.17, 15) is 4.79 Å². The first-order valence-corrected chi connectivity index (χ1v) is 9.03. The highest BCUT2D eigenvalue weighted by molar-refractivity contribution is 5.97. The van der Waals surface area contributed by atoms with Gasteiger partial charge in [-0.05, 0) is 25.0 Å². The number of nitrogens with zero attached hydrogens (tertiary/aromatic N) is 3. The minimum Gasteiger partial charge on any atom is -0.493 e. The lowest BCUT2D eigenvalue weighted by atomic mass is 10.1. The Balaban J connectivity index is 1.52. The van der Waals surface area contributed by atoms with E-state index in [-0.39, 0.29) is 5.91 Å². The summed E-state index contributed by atoms with van der Waals surface area (Å²) in [4.78, 5) is 23.2. The molecule has 0 saturated carbocycles. The molecule has 144 valence electrons. The van der Waals surface area contributed by atoms with Gasteiger partial charge >= 0.3 is 0 Å². The van der Waals surface area contributed by atoms with Crippen LogP contribution in [0, 0.1) is 0 Å². The molecule has 1 aromatic carbocycles. The number of methoxy groups -OCH3 is 2. The third-order valence-corrected chi connectivity index (χ3v) is 4.45. The van der Waals surface area contributed by atoms with Crippen LogP contribution >= 0.6 is 0 Å². The second-order valence-electron chi connectivity index (χ2n) is 6.18. The number of hydrogen-bond donors (Lipinski definition) is 2. The number of carbonyl (C=O) groups excluding carboxylic acids is 1. The second-order valence-corrected chi connectivity index (χ2v) is 6.18. The summed E-state index contributed by atoms with van der Waals surface area (Å²) in [6.45, 7) is 3.07. The van der Waals surface area contributed by atoms with Gasteiger partial charge in [-0.25, -0.2) is 9.97 Å². The Bertz CT molecular complexity index is 778. The fraction of sp³-hybridized carbons (Fsp3) is 0.421. The Morgan fingerprint density at radius 2 is 1.96 bits per heavy atom. The van der Waals surface area contributed by atoms with Crippen molar-refractivity contribution in [2.45, 2.75) is 12.8 Å². The summed E-state index contributed by atoms with van der Waals surface area (Å²) >= 11 is 0. The van der Waals surface area contributed by atoms with E-state index in [1.807, 2.05) is 6.07 Å². The lowest BCUT2D eigenvalue weighted by Gasteiger charge is -2.16. The molecule has 1 aromatic heterocycles. The molecule has 1 saturated heterocycles. The van der Waals surface area contributed by atoms with E-state index in [1.54, 1.807) is 31.6 Å². The van der Waals surface area contributed by atoms with Crippen LogP contribution in [-0.2, 0) is 0 Å². The molecule has 0 atom stereocenters. The summed E-state index contributed by atoms with van der Waals surface area (Å²) in [6.07, 6.45) is 3.97. The SMILES string of the molecule is COc1cccc(C(=O)NCCNc2cc(N3CCCC3)ncn2)c1OC. The molecular formula is C19H25N5O3. The standard InChI is InChI=1S/C19H25N5O3/c1-26-15-7-5-6-14(18(15)27-2)19(25)21-9-8-20-16-12-17(23-13-22-16)24-10-3-4-11-24/h5-7,12-13H,3-4,8-11H2,1-2H3,(H,21,25)(H,20,22,23). The molecule has 27 heavy (non-hydrogen) atoms. The predicted octanol–water partition coefficient (Wildman–Crippen LogP) is 1.94. The Hall–Kier alpha value is -3.03. The van der Waals surface area contributed by atoms with Gasteiger partial charge in [0.25, 0.3) is 5.91 Å². The zero-order chi connectivity index (χ0) is 19.1. The molecule has 1 aliphatic heterocycles. The zero-order valence-corrected chi connectivity index (χ0v) is 15.7. The monoisotopic (exact) mass is 371 g/mol. The van der Waals surface area contributed by atoms with Crippen molar-refractivity contribution in [2.75, 3.05) is 50.6 Å². The second kappa shape index (κ2) is 9.07. The average molecular weight is 371 g/mol. The first kappa shape index (κ1) is 18.8. The molecule has 1 aliphatic rings. The normalized spacial score (nSPS) is 13.3. The predicted molar refractivity (Wildman–Crippen MR) is 104 cm³/mol. The summed E-state index contributed by atoms with van der Waals surface area (Å²) in [5, 5.41) is 6.09. The van der Waals surface area contributed by atoms with Crippen LogP contribution in [-0.4, -0.2) is 56.3 Å². The number of para-hydroxylation sites is 1. The summed E-state index contributed by atoms with van der Waals surface area (Å²) in [5.74, 6) is 2.43. The first-order valence-electron chi connectivity index (χ1n) is 9.03. The number of nitrogens with one attached hydrogen (secondary N) is 2. The number of amides is 1. The highest BCUT2D eigenvalue weighted by Gasteiger charge is 2.16. The molecule has 0 unspecified atom stereocenters. The fourth-order valence-electron chi connectivity index (χ4n) is 3.09. The van der Waals surface area contributed by atoms with Crippen LogP contribution in [0.25, 0.3) is 0 Å². The molecule has 8 heteroatoms. The highest BCUT2D eigenvalue weighted by Crippen LogP contribution is 2.30. The van der Waals surface area contributed by atoms with Gasteiger partial charge in [0.05, 0.1) is 19.8 Å². The molecule has 1 amide bonds. The number of ether oxygens (including phenoxy) is 2. The van der Waals surface area contributed by atoms with Crippen molar-refractivity contribution >= 4 is 17.5 Å². The summed E-state index contributed by atoms with van der Waals surface area (Å²) in [7, 11) is 3.06. The van der Waals surface area contributed by atoms with Gasteiger partial charge in [0.2, 0.25) is 0 Å². The minimum atomic E-state index is -0.215. The summed E-state index contributed by atoms with van der Waals surface area (Å²) in [5.41, 5.74) is 0.440. The largest absolute Gasteiger partial charge is 0.493 e. The third-order valence-electron chi connectivity index (χ3n) is 4.45. The summed E-state index contributed by atoms with van der Waals surface area (Å²) in [6, 6.07) is 7.16. The van der Waals surface area contributed by atoms with Crippen molar-refractivity contribution < 1.29 is 14.3 Å². The molecule has 0 bridgehead atoms. The van der Waals surface area contributed by atoms with E-state index in [4.69, 9.17) is 9.47 Å². The van der Waals surface area contributed by atoms with Crippen LogP contribution in [0.1, 0.15) is 23.2 Å². The van der Waals surface area contributed by atoms with Crippen LogP contribution in [0.4, 0.5) is 11.6 Å². The number of aromatic nitrogens is 2. The number of hydrogen-bond acceptors (Lipinski definition) is 7. The molecule has 1 fully saturated rings. The first-order chi connectivity index (χ1) is 13.2. The van der Waals surface area contributed by atoms with Gasteiger partial charge in [-0.2, -0.15) is 0 Å². The minimum absolute atomic E-state index is 0.215. The van der Waals surface area contributed by atoms with Crippen LogP contribution in [0.5, 0.6) is 11.5 Å². The number of benzene rings is 1. The fourth-order valence-corrected chi connectivity index (χ4v) is 3.09. The molecule has 2 N–H and O–H groups in total. The van der Waals surface area contributed by atoms with Crippen molar-refractivity contribution in [1.82, 2.24) is 15.3 Å². The van der Waals surface area contributed by atoms with Crippen LogP contribution < -0.4 is 25.0 Å². The van der Waals surface area contributed by atoms with E-state index >= 15 is 0 Å². The van der Waals surface area contributed by atoms with E-state index in [0.717, 1.165) is 24.7 Å². The smallest absolute Gasteiger partial charge is 0.255 e. The van der Waals surface area contributed by atoms with E-state index < -0.39 is 0 Å². The lowest BCUT2D eigenvalue weighted by Crippen LogP contribution is -2.29. The van der Waals surface area contributed by atoms with Gasteiger partial charge in [-0.3, -0.25) is 4.79 Å². The summed E-state index contributed by atoms with van der Waals surface area (Å²) < 4.78 is 10.5. The zero-order valence-electron chi connectivity index (χ0n) is 15.7. The Labute approximate surface area is 158 Å². The van der Waals surface area contributed by atoms with Gasteiger partial charge in [-0.15, -0.1) is 0 Å². The maximum Gasteiger partial charge on any atom is 0.255 e. The van der Waals surface area contributed by atoms with E-state index in [0.29, 0.717) is 30.2 Å². The molecule has 0 spiro atoms. The Kier molecular flexibility index (Phi) is 6.30. The third kappa shape index (κ3) is 4.58. The maximum atomic E-state index is 12.4. The molecule has 2 aromatic rings. The molecule has 0 radical (unpaired) electrons. The Morgan fingerprint density at radius 1 is 1.15 bits per heavy atom. The highest BCUT2D eigenvalue weighted by atomic mass is 16.5. The quantitative estimate of drug-likeness (QED) is 0.686. The van der Waals surface area contributed by atoms with Crippen molar-refractivity contribution in [2.24, 2.45) is 0 Å². The molecule has 0 aliphatic carbocycles. The van der Waals surface area contributed by atoms with Crippen molar-refractivity contribution in [1.29, 1.82) is 0 Å². The number of anilines is 2. The Morgan fingerprint density at radius 3 is 2.70 bits per heavy atom. The van der Waals surface area contributed by atoms with E-state index in [2.05, 4.69) is 25.5 Å². The van der Waals surface area contributed by atoms with Gasteiger partial charge in [0.1, 0.15) is 18.0 Å². The van der Waals surface area contributed by atoms with Crippen LogP contribution in [0.2, 0.25) is 0 Å². The van der Waals surface area contributed by atoms with Gasteiger partial charge in [0, 0.05) is 32.2 Å². The van der Waals surface area contributed by atoms with Gasteiger partial charge < -0.3 is 25.0 Å². The number of carbonyl (C=O) groups is 1. The van der Waals surface area contributed by atoms with Crippen molar-refractivity contribution in [3.63, 3.8) is 0 Å². The topological polar surface area (TPSA) is 88.6 Å². The molecule has 8 nitrogen and oxygen atoms in total.